The number of hydrogen-bond acceptors (Lipinski definition) is 5. The monoisotopic (exact) mass is 444 g/mol. The lowest BCUT2D eigenvalue weighted by atomic mass is 10.1. The number of carbonyl (C=O) groups excluding carboxylic acids is 1. The van der Waals surface area contributed by atoms with Crippen LogP contribution >= 0.6 is 0 Å². The second-order valence-electron chi connectivity index (χ2n) is 8.38. The maximum Gasteiger partial charge on any atom is 0.292 e. The number of amides is 1. The lowest BCUT2D eigenvalue weighted by Gasteiger charge is -2.36. The van der Waals surface area contributed by atoms with Gasteiger partial charge in [-0.05, 0) is 43.7 Å². The van der Waals surface area contributed by atoms with E-state index in [4.69, 9.17) is 0 Å². The maximum atomic E-state index is 12.8. The lowest BCUT2D eigenvalue weighted by Crippen LogP contribution is -2.48. The summed E-state index contributed by atoms with van der Waals surface area (Å²) in [5, 5.41) is 14.9. The van der Waals surface area contributed by atoms with Crippen LogP contribution in [0.4, 0.5) is 17.1 Å². The summed E-state index contributed by atoms with van der Waals surface area (Å²) >= 11 is 0. The summed E-state index contributed by atoms with van der Waals surface area (Å²) in [5.74, 6) is 0.0427. The van der Waals surface area contributed by atoms with Gasteiger partial charge in [0.25, 0.3) is 11.6 Å². The fourth-order valence-electron chi connectivity index (χ4n) is 4.18. The number of nitrogens with one attached hydrogen (secondary N) is 1. The quantitative estimate of drug-likeness (QED) is 0.426. The zero-order valence-corrected chi connectivity index (χ0v) is 18.9. The van der Waals surface area contributed by atoms with E-state index in [1.807, 2.05) is 79.4 Å². The third-order valence-corrected chi connectivity index (χ3v) is 6.05. The van der Waals surface area contributed by atoms with Gasteiger partial charge in [-0.15, -0.1) is 0 Å². The largest absolute Gasteiger partial charge is 0.373 e. The Hall–Kier alpha value is -3.87. The SMILES string of the molecule is Cc1cccc(C(=O)N2CCN(c3ccc([N+](=O)[O-])c(N[C@@H](C)c4ccccc4)c3)CC2)c1. The van der Waals surface area contributed by atoms with Gasteiger partial charge < -0.3 is 15.1 Å². The number of rotatable bonds is 6. The first-order chi connectivity index (χ1) is 15.9. The van der Waals surface area contributed by atoms with E-state index in [9.17, 15) is 14.9 Å². The van der Waals surface area contributed by atoms with Crippen molar-refractivity contribution in [3.05, 3.63) is 99.6 Å². The molecule has 0 unspecified atom stereocenters. The number of nitrogens with zero attached hydrogens (tertiary/aromatic N) is 3. The first kappa shape index (κ1) is 22.3. The first-order valence-corrected chi connectivity index (χ1v) is 11.1. The van der Waals surface area contributed by atoms with Crippen molar-refractivity contribution in [1.29, 1.82) is 0 Å². The van der Waals surface area contributed by atoms with E-state index in [0.29, 0.717) is 37.4 Å². The molecule has 3 aromatic carbocycles. The van der Waals surface area contributed by atoms with Gasteiger partial charge in [-0.3, -0.25) is 14.9 Å². The normalized spacial score (nSPS) is 14.6. The number of hydrogen-bond donors (Lipinski definition) is 1. The Bertz CT molecular complexity index is 1140. The summed E-state index contributed by atoms with van der Waals surface area (Å²) < 4.78 is 0. The Morgan fingerprint density at radius 1 is 0.970 bits per heavy atom. The maximum absolute atomic E-state index is 12.8. The van der Waals surface area contributed by atoms with Crippen molar-refractivity contribution in [2.45, 2.75) is 19.9 Å². The molecule has 1 heterocycles. The van der Waals surface area contributed by atoms with Crippen LogP contribution in [0.15, 0.2) is 72.8 Å². The Morgan fingerprint density at radius 2 is 1.70 bits per heavy atom. The molecule has 0 saturated carbocycles. The summed E-state index contributed by atoms with van der Waals surface area (Å²) in [6.07, 6.45) is 0. The molecule has 7 nitrogen and oxygen atoms in total. The number of nitro groups is 1. The molecular weight excluding hydrogens is 416 g/mol. The van der Waals surface area contributed by atoms with Crippen molar-refractivity contribution in [2.24, 2.45) is 0 Å². The molecular formula is C26H28N4O3. The van der Waals surface area contributed by atoms with E-state index < -0.39 is 0 Å². The van der Waals surface area contributed by atoms with Gasteiger partial charge in [0.2, 0.25) is 0 Å². The van der Waals surface area contributed by atoms with Gasteiger partial charge in [0.05, 0.1) is 4.92 Å². The summed E-state index contributed by atoms with van der Waals surface area (Å²) in [4.78, 5) is 28.1. The van der Waals surface area contributed by atoms with Crippen molar-refractivity contribution in [2.75, 3.05) is 36.4 Å². The summed E-state index contributed by atoms with van der Waals surface area (Å²) in [6.45, 7) is 6.51. The van der Waals surface area contributed by atoms with E-state index >= 15 is 0 Å². The van der Waals surface area contributed by atoms with Gasteiger partial charge in [-0.1, -0.05) is 48.0 Å². The smallest absolute Gasteiger partial charge is 0.292 e. The van der Waals surface area contributed by atoms with Crippen molar-refractivity contribution in [3.8, 4) is 0 Å². The molecule has 0 spiro atoms. The fraction of sp³-hybridized carbons (Fsp3) is 0.269. The van der Waals surface area contributed by atoms with Gasteiger partial charge in [-0.2, -0.15) is 0 Å². The molecule has 33 heavy (non-hydrogen) atoms. The first-order valence-electron chi connectivity index (χ1n) is 11.1. The van der Waals surface area contributed by atoms with Crippen LogP contribution < -0.4 is 10.2 Å². The molecule has 170 valence electrons. The van der Waals surface area contributed by atoms with E-state index in [1.54, 1.807) is 12.1 Å². The molecule has 1 atom stereocenters. The second kappa shape index (κ2) is 9.73. The lowest BCUT2D eigenvalue weighted by molar-refractivity contribution is -0.384. The van der Waals surface area contributed by atoms with Gasteiger partial charge in [-0.25, -0.2) is 0 Å². The predicted octanol–water partition coefficient (Wildman–Crippen LogP) is 5.04. The molecule has 0 aromatic heterocycles. The predicted molar refractivity (Wildman–Crippen MR) is 131 cm³/mol. The minimum absolute atomic E-state index is 0.0427. The van der Waals surface area contributed by atoms with Crippen molar-refractivity contribution < 1.29 is 9.72 Å². The van der Waals surface area contributed by atoms with Crippen LogP contribution in [0, 0.1) is 17.0 Å². The highest BCUT2D eigenvalue weighted by Crippen LogP contribution is 2.33. The third kappa shape index (κ3) is 5.14. The van der Waals surface area contributed by atoms with E-state index in [2.05, 4.69) is 10.2 Å². The van der Waals surface area contributed by atoms with Crippen LogP contribution in [0.25, 0.3) is 0 Å². The minimum Gasteiger partial charge on any atom is -0.373 e. The Labute approximate surface area is 193 Å². The average Bonchev–Trinajstić information content (AvgIpc) is 2.84. The van der Waals surface area contributed by atoms with Crippen LogP contribution in [0.5, 0.6) is 0 Å². The highest BCUT2D eigenvalue weighted by Gasteiger charge is 2.24. The highest BCUT2D eigenvalue weighted by molar-refractivity contribution is 5.94. The summed E-state index contributed by atoms with van der Waals surface area (Å²) in [5.41, 5.74) is 4.28. The van der Waals surface area contributed by atoms with Crippen LogP contribution in [-0.2, 0) is 0 Å². The van der Waals surface area contributed by atoms with Crippen LogP contribution in [0.3, 0.4) is 0 Å². The molecule has 1 aliphatic heterocycles. The highest BCUT2D eigenvalue weighted by atomic mass is 16.6. The van der Waals surface area contributed by atoms with E-state index in [1.165, 1.54) is 0 Å². The van der Waals surface area contributed by atoms with Crippen molar-refractivity contribution in [1.82, 2.24) is 4.90 Å². The van der Waals surface area contributed by atoms with E-state index in [0.717, 1.165) is 16.8 Å². The minimum atomic E-state index is -0.359. The Balaban J connectivity index is 1.47. The Kier molecular flexibility index (Phi) is 6.58. The van der Waals surface area contributed by atoms with Crippen molar-refractivity contribution >= 4 is 23.0 Å². The third-order valence-electron chi connectivity index (χ3n) is 6.05. The van der Waals surface area contributed by atoms with Gasteiger partial charge >= 0.3 is 0 Å². The molecule has 0 bridgehead atoms. The van der Waals surface area contributed by atoms with Gasteiger partial charge in [0.15, 0.2) is 0 Å². The molecule has 4 rings (SSSR count). The average molecular weight is 445 g/mol. The molecule has 3 aromatic rings. The molecule has 1 amide bonds. The number of benzene rings is 3. The zero-order valence-electron chi connectivity index (χ0n) is 18.9. The fourth-order valence-corrected chi connectivity index (χ4v) is 4.18. The standard InChI is InChI=1S/C26H28N4O3/c1-19-7-6-10-22(17-19)26(31)29-15-13-28(14-16-29)23-11-12-25(30(32)33)24(18-23)27-20(2)21-8-4-3-5-9-21/h3-12,17-18,20,27H,13-16H2,1-2H3/t20-/m0/s1. The van der Waals surface area contributed by atoms with Crippen molar-refractivity contribution in [3.63, 3.8) is 0 Å². The van der Waals surface area contributed by atoms with Gasteiger partial charge in [0, 0.05) is 49.5 Å². The van der Waals surface area contributed by atoms with Crippen LogP contribution in [0.1, 0.15) is 34.5 Å². The van der Waals surface area contributed by atoms with Crippen LogP contribution in [0.2, 0.25) is 0 Å². The molecule has 7 heteroatoms. The number of nitro benzene ring substituents is 1. The Morgan fingerprint density at radius 3 is 2.36 bits per heavy atom. The summed E-state index contributed by atoms with van der Waals surface area (Å²) in [7, 11) is 0. The molecule has 1 N–H and O–H groups in total. The number of carbonyl (C=O) groups is 1. The van der Waals surface area contributed by atoms with Gasteiger partial charge in [0.1, 0.15) is 5.69 Å². The number of anilines is 2. The number of piperazine rings is 1. The molecule has 0 aliphatic carbocycles. The molecule has 1 fully saturated rings. The van der Waals surface area contributed by atoms with Crippen LogP contribution in [-0.4, -0.2) is 41.9 Å². The summed E-state index contributed by atoms with van der Waals surface area (Å²) in [6, 6.07) is 22.6. The topological polar surface area (TPSA) is 78.7 Å². The number of aryl methyl sites for hydroxylation is 1. The van der Waals surface area contributed by atoms with E-state index in [-0.39, 0.29) is 22.6 Å². The molecule has 0 radical (unpaired) electrons. The second-order valence-corrected chi connectivity index (χ2v) is 8.38. The molecule has 1 aliphatic rings. The zero-order chi connectivity index (χ0) is 23.4. The molecule has 1 saturated heterocycles.